The zero-order valence-corrected chi connectivity index (χ0v) is 18.5. The first-order valence-electron chi connectivity index (χ1n) is 11.0. The van der Waals surface area contributed by atoms with Crippen LogP contribution in [0.25, 0.3) is 33.1 Å². The van der Waals surface area contributed by atoms with Crippen LogP contribution >= 0.6 is 0 Å². The van der Waals surface area contributed by atoms with Gasteiger partial charge < -0.3 is 15.0 Å². The number of benzene rings is 2. The summed E-state index contributed by atoms with van der Waals surface area (Å²) >= 11 is 0. The monoisotopic (exact) mass is 440 g/mol. The van der Waals surface area contributed by atoms with Gasteiger partial charge in [-0.25, -0.2) is 4.98 Å². The molecule has 0 atom stereocenters. The van der Waals surface area contributed by atoms with E-state index in [1.807, 2.05) is 49.1 Å². The number of morpholine rings is 1. The van der Waals surface area contributed by atoms with E-state index in [0.717, 1.165) is 63.4 Å². The third-order valence-corrected chi connectivity index (χ3v) is 6.05. The lowest BCUT2D eigenvalue weighted by molar-refractivity contribution is 0.122. The fraction of sp³-hybridized carbons (Fsp3) is 0.250. The standard InChI is InChI=1S/C24H24N8O/c1-15-19-6-4-16(11-22(19)31(2)30-15)20-13-23(28-24(27-20)32-7-9-33-10-8-32)26-18-5-3-17-14-25-29-21(17)12-18/h3-6,11-14H,7-10H2,1-2H3,(H,25,29)(H,26,27,28). The van der Waals surface area contributed by atoms with Crippen molar-refractivity contribution >= 4 is 39.3 Å². The van der Waals surface area contributed by atoms with Crippen molar-refractivity contribution in [1.82, 2.24) is 29.9 Å². The second-order valence-electron chi connectivity index (χ2n) is 8.28. The molecule has 0 radical (unpaired) electrons. The molecule has 4 heterocycles. The highest BCUT2D eigenvalue weighted by Gasteiger charge is 2.17. The molecule has 0 spiro atoms. The van der Waals surface area contributed by atoms with Crippen LogP contribution in [-0.4, -0.2) is 56.2 Å². The van der Waals surface area contributed by atoms with E-state index in [-0.39, 0.29) is 0 Å². The Balaban J connectivity index is 1.43. The number of hydrogen-bond donors (Lipinski definition) is 2. The number of anilines is 3. The van der Waals surface area contributed by atoms with Gasteiger partial charge in [0.25, 0.3) is 0 Å². The van der Waals surface area contributed by atoms with Crippen LogP contribution in [0.1, 0.15) is 5.69 Å². The third-order valence-electron chi connectivity index (χ3n) is 6.05. The quantitative estimate of drug-likeness (QED) is 0.439. The van der Waals surface area contributed by atoms with Gasteiger partial charge >= 0.3 is 0 Å². The zero-order valence-electron chi connectivity index (χ0n) is 18.5. The Bertz CT molecular complexity index is 1460. The molecule has 6 rings (SSSR count). The lowest BCUT2D eigenvalue weighted by Gasteiger charge is -2.27. The van der Waals surface area contributed by atoms with Gasteiger partial charge in [-0.05, 0) is 31.2 Å². The first-order chi connectivity index (χ1) is 16.1. The van der Waals surface area contributed by atoms with Crippen molar-refractivity contribution in [1.29, 1.82) is 0 Å². The molecule has 3 aromatic heterocycles. The summed E-state index contributed by atoms with van der Waals surface area (Å²) < 4.78 is 7.44. The van der Waals surface area contributed by atoms with E-state index in [9.17, 15) is 0 Å². The SMILES string of the molecule is Cc1nn(C)c2cc(-c3cc(Nc4ccc5cn[nH]c5c4)nc(N4CCOCC4)n3)ccc12. The first-order valence-corrected chi connectivity index (χ1v) is 11.0. The summed E-state index contributed by atoms with van der Waals surface area (Å²) in [5, 5.41) is 17.3. The van der Waals surface area contributed by atoms with E-state index in [0.29, 0.717) is 19.2 Å². The third kappa shape index (κ3) is 3.66. The molecule has 1 aliphatic rings. The number of nitrogens with zero attached hydrogens (tertiary/aromatic N) is 6. The molecule has 0 unspecified atom stereocenters. The van der Waals surface area contributed by atoms with E-state index < -0.39 is 0 Å². The van der Waals surface area contributed by atoms with Crippen molar-refractivity contribution in [3.8, 4) is 11.3 Å². The Hall–Kier alpha value is -3.98. The molecule has 1 aliphatic heterocycles. The summed E-state index contributed by atoms with van der Waals surface area (Å²) in [6, 6.07) is 14.4. The van der Waals surface area contributed by atoms with E-state index in [2.05, 4.69) is 43.7 Å². The lowest BCUT2D eigenvalue weighted by Crippen LogP contribution is -2.37. The fourth-order valence-electron chi connectivity index (χ4n) is 4.31. The molecular formula is C24H24N8O. The van der Waals surface area contributed by atoms with Crippen LogP contribution in [-0.2, 0) is 11.8 Å². The molecule has 5 aromatic rings. The summed E-state index contributed by atoms with van der Waals surface area (Å²) in [6.07, 6.45) is 1.81. The maximum Gasteiger partial charge on any atom is 0.228 e. The number of ether oxygens (including phenoxy) is 1. The van der Waals surface area contributed by atoms with E-state index in [4.69, 9.17) is 14.7 Å². The minimum Gasteiger partial charge on any atom is -0.378 e. The molecule has 0 bridgehead atoms. The minimum absolute atomic E-state index is 0.674. The Morgan fingerprint density at radius 1 is 1.03 bits per heavy atom. The number of rotatable bonds is 4. The predicted octanol–water partition coefficient (Wildman–Crippen LogP) is 3.80. The van der Waals surface area contributed by atoms with Gasteiger partial charge in [0.1, 0.15) is 5.82 Å². The second-order valence-corrected chi connectivity index (χ2v) is 8.28. The summed E-state index contributed by atoms with van der Waals surface area (Å²) in [5.74, 6) is 1.43. The highest BCUT2D eigenvalue weighted by molar-refractivity contribution is 5.87. The predicted molar refractivity (Wildman–Crippen MR) is 129 cm³/mol. The van der Waals surface area contributed by atoms with Crippen molar-refractivity contribution in [2.75, 3.05) is 36.5 Å². The number of fused-ring (bicyclic) bond motifs is 2. The number of hydrogen-bond acceptors (Lipinski definition) is 7. The molecule has 2 N–H and O–H groups in total. The highest BCUT2D eigenvalue weighted by atomic mass is 16.5. The van der Waals surface area contributed by atoms with Gasteiger partial charge in [-0.15, -0.1) is 0 Å². The van der Waals surface area contributed by atoms with Crippen LogP contribution in [0.4, 0.5) is 17.5 Å². The van der Waals surface area contributed by atoms with Crippen LogP contribution in [0.15, 0.2) is 48.7 Å². The second kappa shape index (κ2) is 7.86. The van der Waals surface area contributed by atoms with Crippen LogP contribution in [0.2, 0.25) is 0 Å². The highest BCUT2D eigenvalue weighted by Crippen LogP contribution is 2.29. The molecule has 1 fully saturated rings. The van der Waals surface area contributed by atoms with Gasteiger partial charge in [-0.2, -0.15) is 15.2 Å². The number of H-pyrrole nitrogens is 1. The van der Waals surface area contributed by atoms with E-state index >= 15 is 0 Å². The van der Waals surface area contributed by atoms with Gasteiger partial charge in [0, 0.05) is 48.2 Å². The van der Waals surface area contributed by atoms with Gasteiger partial charge in [0.15, 0.2) is 0 Å². The summed E-state index contributed by atoms with van der Waals surface area (Å²) in [6.45, 7) is 4.91. The molecule has 9 heteroatoms. The molecule has 166 valence electrons. The molecule has 0 saturated carbocycles. The van der Waals surface area contributed by atoms with Crippen LogP contribution in [0, 0.1) is 6.92 Å². The molecule has 1 saturated heterocycles. The van der Waals surface area contributed by atoms with Crippen LogP contribution in [0.3, 0.4) is 0 Å². The van der Waals surface area contributed by atoms with Crippen molar-refractivity contribution in [3.63, 3.8) is 0 Å². The number of aromatic nitrogens is 6. The first kappa shape index (κ1) is 19.7. The van der Waals surface area contributed by atoms with Crippen molar-refractivity contribution in [3.05, 3.63) is 54.4 Å². The molecule has 9 nitrogen and oxygen atoms in total. The van der Waals surface area contributed by atoms with Crippen molar-refractivity contribution in [2.45, 2.75) is 6.92 Å². The Morgan fingerprint density at radius 3 is 2.79 bits per heavy atom. The topological polar surface area (TPSA) is 96.8 Å². The smallest absolute Gasteiger partial charge is 0.228 e. The number of nitrogens with one attached hydrogen (secondary N) is 2. The maximum atomic E-state index is 5.53. The molecule has 0 aliphatic carbocycles. The van der Waals surface area contributed by atoms with Gasteiger partial charge in [-0.1, -0.05) is 12.1 Å². The van der Waals surface area contributed by atoms with Gasteiger partial charge in [0.05, 0.1) is 41.8 Å². The summed E-state index contributed by atoms with van der Waals surface area (Å²) in [7, 11) is 1.97. The zero-order chi connectivity index (χ0) is 22.4. The van der Waals surface area contributed by atoms with E-state index in [1.165, 1.54) is 0 Å². The van der Waals surface area contributed by atoms with Crippen LogP contribution < -0.4 is 10.2 Å². The average molecular weight is 441 g/mol. The fourth-order valence-corrected chi connectivity index (χ4v) is 4.31. The van der Waals surface area contributed by atoms with Gasteiger partial charge in [0.2, 0.25) is 5.95 Å². The van der Waals surface area contributed by atoms with Crippen molar-refractivity contribution in [2.24, 2.45) is 7.05 Å². The Morgan fingerprint density at radius 2 is 1.91 bits per heavy atom. The number of aromatic amines is 1. The average Bonchev–Trinajstić information content (AvgIpc) is 3.42. The van der Waals surface area contributed by atoms with E-state index in [1.54, 1.807) is 0 Å². The normalized spacial score (nSPS) is 14.3. The molecular weight excluding hydrogens is 416 g/mol. The summed E-state index contributed by atoms with van der Waals surface area (Å²) in [4.78, 5) is 11.9. The minimum atomic E-state index is 0.674. The largest absolute Gasteiger partial charge is 0.378 e. The Kier molecular flexibility index (Phi) is 4.69. The molecule has 0 amide bonds. The maximum absolute atomic E-state index is 5.53. The molecule has 33 heavy (non-hydrogen) atoms. The Labute approximate surface area is 190 Å². The van der Waals surface area contributed by atoms with Crippen LogP contribution in [0.5, 0.6) is 0 Å². The molecule has 2 aromatic carbocycles. The van der Waals surface area contributed by atoms with Crippen molar-refractivity contribution < 1.29 is 4.74 Å². The lowest BCUT2D eigenvalue weighted by atomic mass is 10.1. The number of aryl methyl sites for hydroxylation is 2. The summed E-state index contributed by atoms with van der Waals surface area (Å²) in [5.41, 5.74) is 5.89. The van der Waals surface area contributed by atoms with Gasteiger partial charge in [-0.3, -0.25) is 9.78 Å².